The van der Waals surface area contributed by atoms with E-state index in [1.54, 1.807) is 24.4 Å². The van der Waals surface area contributed by atoms with Crippen molar-refractivity contribution in [1.29, 1.82) is 0 Å². The number of nitrogens with one attached hydrogen (secondary N) is 1. The Hall–Kier alpha value is -3.02. The molecular formula is C17H15FN2O3. The molecule has 1 aromatic heterocycles. The highest BCUT2D eigenvalue weighted by Crippen LogP contribution is 2.17. The fraction of sp³-hybridized carbons (Fsp3) is 0.118. The number of halogens is 1. The van der Waals surface area contributed by atoms with Crippen LogP contribution in [0.25, 0.3) is 6.08 Å². The lowest BCUT2D eigenvalue weighted by Crippen LogP contribution is -2.28. The first-order valence-corrected chi connectivity index (χ1v) is 6.91. The normalized spacial score (nSPS) is 12.0. The third kappa shape index (κ3) is 5.35. The molecular weight excluding hydrogens is 299 g/mol. The van der Waals surface area contributed by atoms with Crippen LogP contribution in [0.1, 0.15) is 23.7 Å². The van der Waals surface area contributed by atoms with Gasteiger partial charge in [0.1, 0.15) is 5.82 Å². The Morgan fingerprint density at radius 2 is 1.96 bits per heavy atom. The summed E-state index contributed by atoms with van der Waals surface area (Å²) in [4.78, 5) is 27.0. The minimum Gasteiger partial charge on any atom is -0.481 e. The molecule has 1 heterocycles. The van der Waals surface area contributed by atoms with Crippen molar-refractivity contribution >= 4 is 18.0 Å². The van der Waals surface area contributed by atoms with E-state index >= 15 is 0 Å². The van der Waals surface area contributed by atoms with Gasteiger partial charge in [-0.15, -0.1) is 0 Å². The summed E-state index contributed by atoms with van der Waals surface area (Å²) in [5.74, 6) is -1.94. The largest absolute Gasteiger partial charge is 0.481 e. The zero-order valence-electron chi connectivity index (χ0n) is 12.1. The Bertz CT molecular complexity index is 700. The van der Waals surface area contributed by atoms with Crippen LogP contribution in [0.2, 0.25) is 0 Å². The number of rotatable bonds is 6. The fourth-order valence-electron chi connectivity index (χ4n) is 1.98. The summed E-state index contributed by atoms with van der Waals surface area (Å²) in [6.07, 6.45) is 4.11. The molecule has 0 fully saturated rings. The number of carbonyl (C=O) groups excluding carboxylic acids is 1. The van der Waals surface area contributed by atoms with Crippen LogP contribution in [0.3, 0.4) is 0 Å². The zero-order chi connectivity index (χ0) is 16.7. The van der Waals surface area contributed by atoms with Gasteiger partial charge in [0.05, 0.1) is 18.2 Å². The zero-order valence-corrected chi connectivity index (χ0v) is 12.1. The van der Waals surface area contributed by atoms with Crippen LogP contribution >= 0.6 is 0 Å². The summed E-state index contributed by atoms with van der Waals surface area (Å²) in [7, 11) is 0. The van der Waals surface area contributed by atoms with E-state index in [9.17, 15) is 14.0 Å². The SMILES string of the molecule is O=C(O)CC(NC(=O)C=Cc1ccccn1)c1ccc(F)cc1. The van der Waals surface area contributed by atoms with E-state index in [1.807, 2.05) is 0 Å². The molecule has 1 atom stereocenters. The maximum absolute atomic E-state index is 13.0. The lowest BCUT2D eigenvalue weighted by Gasteiger charge is -2.16. The Balaban J connectivity index is 2.08. The minimum atomic E-state index is -1.06. The van der Waals surface area contributed by atoms with Gasteiger partial charge in [-0.25, -0.2) is 4.39 Å². The lowest BCUT2D eigenvalue weighted by molar-refractivity contribution is -0.137. The van der Waals surface area contributed by atoms with Crippen molar-refractivity contribution in [2.75, 3.05) is 0 Å². The first-order valence-electron chi connectivity index (χ1n) is 6.91. The molecule has 1 unspecified atom stereocenters. The van der Waals surface area contributed by atoms with Crippen LogP contribution in [-0.4, -0.2) is 22.0 Å². The van der Waals surface area contributed by atoms with E-state index in [1.165, 1.54) is 36.4 Å². The second kappa shape index (κ2) is 7.84. The van der Waals surface area contributed by atoms with Gasteiger partial charge in [-0.1, -0.05) is 18.2 Å². The van der Waals surface area contributed by atoms with Crippen LogP contribution in [0, 0.1) is 5.82 Å². The summed E-state index contributed by atoms with van der Waals surface area (Å²) in [5, 5.41) is 11.6. The van der Waals surface area contributed by atoms with Gasteiger partial charge in [-0.05, 0) is 35.9 Å². The maximum atomic E-state index is 13.0. The van der Waals surface area contributed by atoms with E-state index in [0.717, 1.165) is 0 Å². The molecule has 0 aliphatic carbocycles. The van der Waals surface area contributed by atoms with E-state index < -0.39 is 23.7 Å². The predicted octanol–water partition coefficient (Wildman–Crippen LogP) is 2.57. The van der Waals surface area contributed by atoms with Crippen molar-refractivity contribution in [3.63, 3.8) is 0 Å². The average Bonchev–Trinajstić information content (AvgIpc) is 2.53. The molecule has 23 heavy (non-hydrogen) atoms. The molecule has 0 saturated heterocycles. The number of hydrogen-bond acceptors (Lipinski definition) is 3. The molecule has 2 N–H and O–H groups in total. The molecule has 2 rings (SSSR count). The average molecular weight is 314 g/mol. The molecule has 0 bridgehead atoms. The van der Waals surface area contributed by atoms with Crippen LogP contribution in [0.4, 0.5) is 4.39 Å². The molecule has 0 saturated carbocycles. The van der Waals surface area contributed by atoms with Crippen LogP contribution in [0.5, 0.6) is 0 Å². The molecule has 0 aliphatic rings. The van der Waals surface area contributed by atoms with Crippen molar-refractivity contribution < 1.29 is 19.1 Å². The number of carboxylic acid groups (broad SMARTS) is 1. The van der Waals surface area contributed by atoms with Crippen molar-refractivity contribution in [2.45, 2.75) is 12.5 Å². The summed E-state index contributed by atoms with van der Waals surface area (Å²) in [6, 6.07) is 9.88. The maximum Gasteiger partial charge on any atom is 0.305 e. The van der Waals surface area contributed by atoms with Gasteiger partial charge in [0.25, 0.3) is 0 Å². The predicted molar refractivity (Wildman–Crippen MR) is 82.8 cm³/mol. The van der Waals surface area contributed by atoms with Crippen molar-refractivity contribution in [2.24, 2.45) is 0 Å². The number of carboxylic acids is 1. The standard InChI is InChI=1S/C17H15FN2O3/c18-13-6-4-12(5-7-13)15(11-17(22)23)20-16(21)9-8-14-3-1-2-10-19-14/h1-10,15H,11H2,(H,20,21)(H,22,23). The summed E-state index contributed by atoms with van der Waals surface area (Å²) in [6.45, 7) is 0. The Morgan fingerprint density at radius 1 is 1.22 bits per heavy atom. The first-order chi connectivity index (χ1) is 11.0. The van der Waals surface area contributed by atoms with Gasteiger partial charge in [0.2, 0.25) is 5.91 Å². The third-order valence-electron chi connectivity index (χ3n) is 3.06. The highest BCUT2D eigenvalue weighted by Gasteiger charge is 2.17. The first kappa shape index (κ1) is 16.4. The van der Waals surface area contributed by atoms with E-state index in [-0.39, 0.29) is 6.42 Å². The van der Waals surface area contributed by atoms with Crippen molar-refractivity contribution in [1.82, 2.24) is 10.3 Å². The fourth-order valence-corrected chi connectivity index (χ4v) is 1.98. The van der Waals surface area contributed by atoms with Crippen LogP contribution in [0.15, 0.2) is 54.7 Å². The Labute approximate surface area is 132 Å². The van der Waals surface area contributed by atoms with Gasteiger partial charge in [-0.3, -0.25) is 14.6 Å². The van der Waals surface area contributed by atoms with Gasteiger partial charge < -0.3 is 10.4 Å². The second-order valence-electron chi connectivity index (χ2n) is 4.80. The number of benzene rings is 1. The Morgan fingerprint density at radius 3 is 2.57 bits per heavy atom. The number of aromatic nitrogens is 1. The van der Waals surface area contributed by atoms with Crippen molar-refractivity contribution in [3.8, 4) is 0 Å². The molecule has 1 amide bonds. The topological polar surface area (TPSA) is 79.3 Å². The number of hydrogen-bond donors (Lipinski definition) is 2. The van der Waals surface area contributed by atoms with E-state index in [0.29, 0.717) is 11.3 Å². The van der Waals surface area contributed by atoms with E-state index in [4.69, 9.17) is 5.11 Å². The summed E-state index contributed by atoms with van der Waals surface area (Å²) < 4.78 is 13.0. The Kier molecular flexibility index (Phi) is 5.57. The van der Waals surface area contributed by atoms with Crippen LogP contribution in [-0.2, 0) is 9.59 Å². The number of nitrogens with zero attached hydrogens (tertiary/aromatic N) is 1. The lowest BCUT2D eigenvalue weighted by atomic mass is 10.0. The molecule has 0 spiro atoms. The smallest absolute Gasteiger partial charge is 0.305 e. The number of amides is 1. The molecule has 0 aliphatic heterocycles. The number of carbonyl (C=O) groups is 2. The summed E-state index contributed by atoms with van der Waals surface area (Å²) in [5.41, 5.74) is 1.13. The number of pyridine rings is 1. The molecule has 2 aromatic rings. The van der Waals surface area contributed by atoms with Gasteiger partial charge in [0, 0.05) is 12.3 Å². The number of aliphatic carboxylic acids is 1. The molecule has 6 heteroatoms. The third-order valence-corrected chi connectivity index (χ3v) is 3.06. The highest BCUT2D eigenvalue weighted by atomic mass is 19.1. The van der Waals surface area contributed by atoms with Crippen molar-refractivity contribution in [3.05, 3.63) is 71.8 Å². The minimum absolute atomic E-state index is 0.297. The molecule has 118 valence electrons. The highest BCUT2D eigenvalue weighted by molar-refractivity contribution is 5.92. The van der Waals surface area contributed by atoms with Crippen LogP contribution < -0.4 is 5.32 Å². The van der Waals surface area contributed by atoms with Gasteiger partial charge in [-0.2, -0.15) is 0 Å². The quantitative estimate of drug-likeness (QED) is 0.803. The summed E-state index contributed by atoms with van der Waals surface area (Å²) >= 11 is 0. The monoisotopic (exact) mass is 314 g/mol. The van der Waals surface area contributed by atoms with Gasteiger partial charge >= 0.3 is 5.97 Å². The van der Waals surface area contributed by atoms with E-state index in [2.05, 4.69) is 10.3 Å². The molecule has 5 nitrogen and oxygen atoms in total. The van der Waals surface area contributed by atoms with Gasteiger partial charge in [0.15, 0.2) is 0 Å². The molecule has 1 aromatic carbocycles. The molecule has 0 radical (unpaired) electrons. The second-order valence-corrected chi connectivity index (χ2v) is 4.80.